The van der Waals surface area contributed by atoms with Gasteiger partial charge in [-0.3, -0.25) is 0 Å². The average Bonchev–Trinajstić information content (AvgIpc) is 2.16. The van der Waals surface area contributed by atoms with Gasteiger partial charge in [-0.25, -0.2) is 0 Å². The van der Waals surface area contributed by atoms with Crippen molar-refractivity contribution in [1.82, 2.24) is 0 Å². The van der Waals surface area contributed by atoms with E-state index in [9.17, 15) is 13.2 Å². The molecule has 0 amide bonds. The van der Waals surface area contributed by atoms with Gasteiger partial charge in [0.1, 0.15) is 5.75 Å². The highest BCUT2D eigenvalue weighted by Crippen LogP contribution is 2.24. The zero-order chi connectivity index (χ0) is 12.2. The summed E-state index contributed by atoms with van der Waals surface area (Å²) in [6, 6.07) is 6.53. The number of nitrogens with two attached hydrogens (primary N) is 1. The normalized spacial score (nSPS) is 12.9. The maximum atomic E-state index is 11.8. The van der Waals surface area contributed by atoms with E-state index in [1.807, 2.05) is 6.07 Å². The van der Waals surface area contributed by atoms with Gasteiger partial charge in [0, 0.05) is 6.04 Å². The molecule has 0 heterocycles. The summed E-state index contributed by atoms with van der Waals surface area (Å²) in [5.41, 5.74) is 6.19. The summed E-state index contributed by atoms with van der Waals surface area (Å²) in [7, 11) is 0. The third-order valence-corrected chi connectivity index (χ3v) is 1.85. The fourth-order valence-electron chi connectivity index (χ4n) is 1.13. The molecular weight excluding hydrogens is 221 g/mol. The number of halogens is 3. The lowest BCUT2D eigenvalue weighted by Crippen LogP contribution is -2.17. The molecule has 0 aliphatic heterocycles. The van der Waals surface area contributed by atoms with Gasteiger partial charge in [-0.15, -0.1) is 13.2 Å². The summed E-state index contributed by atoms with van der Waals surface area (Å²) in [6.45, 7) is 0. The number of alkyl halides is 3. The SMILES string of the molecule is N#CCC(N)c1ccc(OC(F)(F)F)cc1. The largest absolute Gasteiger partial charge is 0.573 e. The van der Waals surface area contributed by atoms with Crippen molar-refractivity contribution in [3.63, 3.8) is 0 Å². The highest BCUT2D eigenvalue weighted by Gasteiger charge is 2.30. The van der Waals surface area contributed by atoms with Crippen LogP contribution in [0.4, 0.5) is 13.2 Å². The van der Waals surface area contributed by atoms with Crippen LogP contribution >= 0.6 is 0 Å². The molecule has 1 unspecified atom stereocenters. The third kappa shape index (κ3) is 3.79. The van der Waals surface area contributed by atoms with Crippen LogP contribution in [0.15, 0.2) is 24.3 Å². The van der Waals surface area contributed by atoms with Gasteiger partial charge in [0.25, 0.3) is 0 Å². The predicted molar refractivity (Wildman–Crippen MR) is 50.3 cm³/mol. The quantitative estimate of drug-likeness (QED) is 0.867. The molecule has 0 saturated heterocycles. The average molecular weight is 230 g/mol. The molecule has 0 aromatic heterocycles. The number of hydrogen-bond donors (Lipinski definition) is 1. The Labute approximate surface area is 90.2 Å². The van der Waals surface area contributed by atoms with Crippen molar-refractivity contribution in [2.45, 2.75) is 18.8 Å². The summed E-state index contributed by atoms with van der Waals surface area (Å²) in [5.74, 6) is -0.305. The Morgan fingerprint density at radius 3 is 2.31 bits per heavy atom. The van der Waals surface area contributed by atoms with Gasteiger partial charge in [0.15, 0.2) is 0 Å². The van der Waals surface area contributed by atoms with Crippen LogP contribution in [0.2, 0.25) is 0 Å². The molecule has 1 aromatic carbocycles. The first kappa shape index (κ1) is 12.3. The number of benzene rings is 1. The Kier molecular flexibility index (Phi) is 3.74. The Balaban J connectivity index is 2.72. The Hall–Kier alpha value is -1.74. The van der Waals surface area contributed by atoms with E-state index in [0.717, 1.165) is 0 Å². The Bertz CT molecular complexity index is 381. The monoisotopic (exact) mass is 230 g/mol. The predicted octanol–water partition coefficient (Wildman–Crippen LogP) is 2.50. The van der Waals surface area contributed by atoms with Crippen LogP contribution in [0.3, 0.4) is 0 Å². The van der Waals surface area contributed by atoms with Gasteiger partial charge >= 0.3 is 6.36 Å². The van der Waals surface area contributed by atoms with Crippen molar-refractivity contribution in [3.8, 4) is 11.8 Å². The van der Waals surface area contributed by atoms with Gasteiger partial charge in [0.05, 0.1) is 12.5 Å². The first-order valence-electron chi connectivity index (χ1n) is 4.40. The van der Waals surface area contributed by atoms with Gasteiger partial charge in [-0.1, -0.05) is 12.1 Å². The Morgan fingerprint density at radius 1 is 1.31 bits per heavy atom. The van der Waals surface area contributed by atoms with Crippen molar-refractivity contribution in [2.24, 2.45) is 5.73 Å². The minimum atomic E-state index is -4.70. The standard InChI is InChI=1S/C10H9F3N2O/c11-10(12,13)16-8-3-1-7(2-4-8)9(15)5-6-14/h1-4,9H,5,15H2. The molecule has 16 heavy (non-hydrogen) atoms. The van der Waals surface area contributed by atoms with Crippen molar-refractivity contribution in [2.75, 3.05) is 0 Å². The van der Waals surface area contributed by atoms with E-state index in [0.29, 0.717) is 5.56 Å². The van der Waals surface area contributed by atoms with Gasteiger partial charge in [-0.05, 0) is 17.7 Å². The molecule has 6 heteroatoms. The van der Waals surface area contributed by atoms with Crippen LogP contribution in [0.1, 0.15) is 18.0 Å². The molecule has 0 aliphatic carbocycles. The first-order valence-corrected chi connectivity index (χ1v) is 4.40. The second-order valence-electron chi connectivity index (χ2n) is 3.09. The van der Waals surface area contributed by atoms with Gasteiger partial charge in [-0.2, -0.15) is 5.26 Å². The van der Waals surface area contributed by atoms with Crippen LogP contribution in [0, 0.1) is 11.3 Å². The second-order valence-corrected chi connectivity index (χ2v) is 3.09. The highest BCUT2D eigenvalue weighted by atomic mass is 19.4. The van der Waals surface area contributed by atoms with E-state index in [2.05, 4.69) is 4.74 Å². The number of rotatable bonds is 3. The molecule has 0 aliphatic rings. The van der Waals surface area contributed by atoms with Crippen LogP contribution < -0.4 is 10.5 Å². The van der Waals surface area contributed by atoms with E-state index in [1.165, 1.54) is 24.3 Å². The molecule has 0 spiro atoms. The van der Waals surface area contributed by atoms with E-state index in [-0.39, 0.29) is 12.2 Å². The first-order chi connectivity index (χ1) is 7.42. The maximum absolute atomic E-state index is 11.8. The summed E-state index contributed by atoms with van der Waals surface area (Å²) in [6.07, 6.45) is -4.59. The molecule has 0 saturated carbocycles. The molecule has 1 aromatic rings. The lowest BCUT2D eigenvalue weighted by Gasteiger charge is -2.11. The summed E-state index contributed by atoms with van der Waals surface area (Å²) in [5, 5.41) is 8.40. The van der Waals surface area contributed by atoms with Crippen LogP contribution in [0.5, 0.6) is 5.75 Å². The zero-order valence-electron chi connectivity index (χ0n) is 8.16. The molecule has 2 N–H and O–H groups in total. The van der Waals surface area contributed by atoms with Crippen LogP contribution in [-0.2, 0) is 0 Å². The number of hydrogen-bond acceptors (Lipinski definition) is 3. The fourth-order valence-corrected chi connectivity index (χ4v) is 1.13. The van der Waals surface area contributed by atoms with Gasteiger partial charge in [0.2, 0.25) is 0 Å². The fraction of sp³-hybridized carbons (Fsp3) is 0.300. The van der Waals surface area contributed by atoms with Crippen LogP contribution in [0.25, 0.3) is 0 Å². The summed E-state index contributed by atoms with van der Waals surface area (Å²) >= 11 is 0. The number of nitriles is 1. The van der Waals surface area contributed by atoms with Crippen molar-refractivity contribution < 1.29 is 17.9 Å². The van der Waals surface area contributed by atoms with Crippen molar-refractivity contribution in [3.05, 3.63) is 29.8 Å². The molecule has 0 fully saturated rings. The Morgan fingerprint density at radius 2 is 1.88 bits per heavy atom. The minimum absolute atomic E-state index is 0.111. The van der Waals surface area contributed by atoms with E-state index < -0.39 is 12.4 Å². The van der Waals surface area contributed by atoms with Crippen LogP contribution in [-0.4, -0.2) is 6.36 Å². The lowest BCUT2D eigenvalue weighted by molar-refractivity contribution is -0.274. The van der Waals surface area contributed by atoms with Gasteiger partial charge < -0.3 is 10.5 Å². The molecular formula is C10H9F3N2O. The summed E-state index contributed by atoms with van der Waals surface area (Å²) < 4.78 is 39.2. The topological polar surface area (TPSA) is 59.0 Å². The zero-order valence-corrected chi connectivity index (χ0v) is 8.16. The van der Waals surface area contributed by atoms with Crippen molar-refractivity contribution in [1.29, 1.82) is 5.26 Å². The number of nitrogens with zero attached hydrogens (tertiary/aromatic N) is 1. The van der Waals surface area contributed by atoms with E-state index in [4.69, 9.17) is 11.0 Å². The maximum Gasteiger partial charge on any atom is 0.573 e. The molecule has 1 rings (SSSR count). The molecule has 0 bridgehead atoms. The molecule has 86 valence electrons. The minimum Gasteiger partial charge on any atom is -0.406 e. The number of ether oxygens (including phenoxy) is 1. The molecule has 3 nitrogen and oxygen atoms in total. The highest BCUT2D eigenvalue weighted by molar-refractivity contribution is 5.29. The van der Waals surface area contributed by atoms with Crippen molar-refractivity contribution >= 4 is 0 Å². The smallest absolute Gasteiger partial charge is 0.406 e. The molecule has 0 radical (unpaired) electrons. The summed E-state index contributed by atoms with van der Waals surface area (Å²) in [4.78, 5) is 0. The third-order valence-electron chi connectivity index (χ3n) is 1.85. The molecule has 1 atom stereocenters. The second kappa shape index (κ2) is 4.86. The van der Waals surface area contributed by atoms with E-state index >= 15 is 0 Å². The lowest BCUT2D eigenvalue weighted by atomic mass is 10.1. The van der Waals surface area contributed by atoms with E-state index in [1.54, 1.807) is 0 Å².